The van der Waals surface area contributed by atoms with Crippen LogP contribution in [-0.2, 0) is 4.79 Å². The van der Waals surface area contributed by atoms with Gasteiger partial charge in [-0.15, -0.1) is 0 Å². The van der Waals surface area contributed by atoms with Crippen LogP contribution in [0.15, 0.2) is 30.3 Å². The molecule has 18 heavy (non-hydrogen) atoms. The fourth-order valence-corrected chi connectivity index (χ4v) is 2.10. The van der Waals surface area contributed by atoms with Gasteiger partial charge in [-0.2, -0.15) is 0 Å². The van der Waals surface area contributed by atoms with Crippen LogP contribution in [0.25, 0.3) is 0 Å². The van der Waals surface area contributed by atoms with Crippen LogP contribution in [0.4, 0.5) is 0 Å². The van der Waals surface area contributed by atoms with Gasteiger partial charge in [-0.25, -0.2) is 0 Å². The van der Waals surface area contributed by atoms with Gasteiger partial charge in [0, 0.05) is 18.4 Å². The summed E-state index contributed by atoms with van der Waals surface area (Å²) < 4.78 is 0. The first-order valence-electron chi connectivity index (χ1n) is 6.58. The van der Waals surface area contributed by atoms with Crippen molar-refractivity contribution in [2.75, 3.05) is 13.2 Å². The molecule has 2 N–H and O–H groups in total. The highest BCUT2D eigenvalue weighted by molar-refractivity contribution is 5.76. The Balaban J connectivity index is 1.77. The van der Waals surface area contributed by atoms with Gasteiger partial charge in [0.15, 0.2) is 0 Å². The third-order valence-electron chi connectivity index (χ3n) is 3.81. The Morgan fingerprint density at radius 1 is 1.39 bits per heavy atom. The zero-order valence-electron chi connectivity index (χ0n) is 10.9. The van der Waals surface area contributed by atoms with Crippen LogP contribution in [0.1, 0.15) is 37.7 Å². The zero-order valence-corrected chi connectivity index (χ0v) is 10.9. The molecule has 0 saturated heterocycles. The molecule has 1 atom stereocenters. The molecule has 3 heteroatoms. The maximum Gasteiger partial charge on any atom is 0.220 e. The van der Waals surface area contributed by atoms with Crippen LogP contribution in [-0.4, -0.2) is 24.2 Å². The Bertz CT molecular complexity index is 398. The number of rotatable bonds is 6. The first kappa shape index (κ1) is 13.1. The lowest BCUT2D eigenvalue weighted by Crippen LogP contribution is -2.32. The summed E-state index contributed by atoms with van der Waals surface area (Å²) in [6.07, 6.45) is 2.56. The van der Waals surface area contributed by atoms with Crippen molar-refractivity contribution in [1.82, 2.24) is 5.32 Å². The second-order valence-electron chi connectivity index (χ2n) is 5.45. The van der Waals surface area contributed by atoms with E-state index in [2.05, 4.69) is 12.2 Å². The minimum atomic E-state index is -0.00829. The van der Waals surface area contributed by atoms with Crippen LogP contribution in [0.2, 0.25) is 0 Å². The van der Waals surface area contributed by atoms with Gasteiger partial charge in [0.1, 0.15) is 0 Å². The lowest BCUT2D eigenvalue weighted by Gasteiger charge is -2.15. The van der Waals surface area contributed by atoms with Gasteiger partial charge in [-0.3, -0.25) is 4.79 Å². The van der Waals surface area contributed by atoms with Crippen molar-refractivity contribution in [3.63, 3.8) is 0 Å². The molecule has 0 radical (unpaired) electrons. The van der Waals surface area contributed by atoms with Crippen molar-refractivity contribution in [1.29, 1.82) is 0 Å². The number of amides is 1. The predicted molar refractivity (Wildman–Crippen MR) is 71.2 cm³/mol. The van der Waals surface area contributed by atoms with Crippen LogP contribution < -0.4 is 5.32 Å². The third-order valence-corrected chi connectivity index (χ3v) is 3.81. The molecular weight excluding hydrogens is 226 g/mol. The lowest BCUT2D eigenvalue weighted by molar-refractivity contribution is -0.121. The van der Waals surface area contributed by atoms with E-state index in [0.717, 1.165) is 12.8 Å². The summed E-state index contributed by atoms with van der Waals surface area (Å²) in [5.41, 5.74) is 1.18. The van der Waals surface area contributed by atoms with Gasteiger partial charge >= 0.3 is 0 Å². The Kier molecular flexibility index (Phi) is 4.02. The van der Waals surface area contributed by atoms with Gasteiger partial charge < -0.3 is 10.4 Å². The maximum absolute atomic E-state index is 11.8. The third kappa shape index (κ3) is 3.33. The van der Waals surface area contributed by atoms with Crippen molar-refractivity contribution >= 4 is 5.91 Å². The van der Waals surface area contributed by atoms with E-state index in [0.29, 0.717) is 13.0 Å². The molecule has 1 aromatic carbocycles. The Morgan fingerprint density at radius 2 is 2.06 bits per heavy atom. The summed E-state index contributed by atoms with van der Waals surface area (Å²) in [5, 5.41) is 12.1. The number of nitrogens with one attached hydrogen (secondary N) is 1. The van der Waals surface area contributed by atoms with E-state index in [1.165, 1.54) is 5.56 Å². The van der Waals surface area contributed by atoms with Gasteiger partial charge in [-0.05, 0) is 24.3 Å². The highest BCUT2D eigenvalue weighted by atomic mass is 16.3. The van der Waals surface area contributed by atoms with E-state index >= 15 is 0 Å². The Morgan fingerprint density at radius 3 is 2.61 bits per heavy atom. The summed E-state index contributed by atoms with van der Waals surface area (Å²) in [4.78, 5) is 11.8. The van der Waals surface area contributed by atoms with Crippen molar-refractivity contribution in [2.24, 2.45) is 5.41 Å². The number of benzene rings is 1. The van der Waals surface area contributed by atoms with Crippen LogP contribution >= 0.6 is 0 Å². The molecule has 3 nitrogen and oxygen atoms in total. The van der Waals surface area contributed by atoms with Gasteiger partial charge in [0.2, 0.25) is 5.91 Å². The normalized spacial score (nSPS) is 18.1. The number of carbonyl (C=O) groups is 1. The average molecular weight is 247 g/mol. The molecule has 0 aliphatic heterocycles. The first-order valence-corrected chi connectivity index (χ1v) is 6.58. The smallest absolute Gasteiger partial charge is 0.220 e. The lowest BCUT2D eigenvalue weighted by atomic mass is 9.97. The molecule has 0 aromatic heterocycles. The van der Waals surface area contributed by atoms with E-state index in [1.807, 2.05) is 30.3 Å². The molecule has 0 spiro atoms. The number of aliphatic hydroxyl groups excluding tert-OH is 1. The van der Waals surface area contributed by atoms with Crippen LogP contribution in [0.3, 0.4) is 0 Å². The standard InChI is InChI=1S/C15H21NO2/c1-12(13-5-3-2-4-6-13)9-14(18)16-10-15(11-17)7-8-15/h2-6,12,17H,7-11H2,1H3,(H,16,18). The fraction of sp³-hybridized carbons (Fsp3) is 0.533. The second-order valence-corrected chi connectivity index (χ2v) is 5.45. The molecule has 98 valence electrons. The Labute approximate surface area is 108 Å². The number of hydrogen-bond acceptors (Lipinski definition) is 2. The van der Waals surface area contributed by atoms with Gasteiger partial charge in [0.05, 0.1) is 6.61 Å². The summed E-state index contributed by atoms with van der Waals surface area (Å²) >= 11 is 0. The van der Waals surface area contributed by atoms with Crippen molar-refractivity contribution in [3.05, 3.63) is 35.9 Å². The van der Waals surface area contributed by atoms with Crippen LogP contribution in [0, 0.1) is 5.41 Å². The van der Waals surface area contributed by atoms with Crippen molar-refractivity contribution in [3.8, 4) is 0 Å². The topological polar surface area (TPSA) is 49.3 Å². The van der Waals surface area contributed by atoms with Crippen LogP contribution in [0.5, 0.6) is 0 Å². The maximum atomic E-state index is 11.8. The van der Waals surface area contributed by atoms with E-state index in [9.17, 15) is 9.90 Å². The number of hydrogen-bond donors (Lipinski definition) is 2. The largest absolute Gasteiger partial charge is 0.396 e. The molecule has 1 aromatic rings. The molecule has 1 aliphatic rings. The van der Waals surface area contributed by atoms with Crippen molar-refractivity contribution < 1.29 is 9.90 Å². The van der Waals surface area contributed by atoms with Gasteiger partial charge in [-0.1, -0.05) is 37.3 Å². The molecular formula is C15H21NO2. The van der Waals surface area contributed by atoms with E-state index in [-0.39, 0.29) is 23.8 Å². The summed E-state index contributed by atoms with van der Waals surface area (Å²) in [7, 11) is 0. The van der Waals surface area contributed by atoms with E-state index in [1.54, 1.807) is 0 Å². The van der Waals surface area contributed by atoms with Gasteiger partial charge in [0.25, 0.3) is 0 Å². The Hall–Kier alpha value is -1.35. The summed E-state index contributed by atoms with van der Waals surface area (Å²) in [6.45, 7) is 2.86. The highest BCUT2D eigenvalue weighted by Crippen LogP contribution is 2.44. The second kappa shape index (κ2) is 5.53. The van der Waals surface area contributed by atoms with Crippen molar-refractivity contribution in [2.45, 2.75) is 32.1 Å². The molecule has 1 amide bonds. The molecule has 1 saturated carbocycles. The number of aliphatic hydroxyl groups is 1. The summed E-state index contributed by atoms with van der Waals surface area (Å²) in [6, 6.07) is 10.1. The summed E-state index contributed by atoms with van der Waals surface area (Å²) in [5.74, 6) is 0.307. The molecule has 1 aliphatic carbocycles. The first-order chi connectivity index (χ1) is 8.65. The van der Waals surface area contributed by atoms with E-state index in [4.69, 9.17) is 0 Å². The SMILES string of the molecule is CC(CC(=O)NCC1(CO)CC1)c1ccccc1. The average Bonchev–Trinajstić information content (AvgIpc) is 3.18. The molecule has 2 rings (SSSR count). The quantitative estimate of drug-likeness (QED) is 0.808. The molecule has 1 fully saturated rings. The molecule has 1 unspecified atom stereocenters. The van der Waals surface area contributed by atoms with E-state index < -0.39 is 0 Å². The molecule has 0 bridgehead atoms. The fourth-order valence-electron chi connectivity index (χ4n) is 2.10. The number of carbonyl (C=O) groups excluding carboxylic acids is 1. The molecule has 0 heterocycles. The zero-order chi connectivity index (χ0) is 13.0. The predicted octanol–water partition coefficient (Wildman–Crippen LogP) is 2.07. The highest BCUT2D eigenvalue weighted by Gasteiger charge is 2.42. The monoisotopic (exact) mass is 247 g/mol. The minimum Gasteiger partial charge on any atom is -0.396 e. The minimum absolute atomic E-state index is 0.00829.